The lowest BCUT2D eigenvalue weighted by Crippen LogP contribution is -2.11. The van der Waals surface area contributed by atoms with Crippen LogP contribution in [0.15, 0.2) is 30.3 Å². The van der Waals surface area contributed by atoms with Crippen molar-refractivity contribution in [2.45, 2.75) is 58.3 Å². The number of fused-ring (bicyclic) bond motifs is 1. The van der Waals surface area contributed by atoms with Crippen molar-refractivity contribution in [1.82, 2.24) is 0 Å². The molecule has 4 heteroatoms. The molecule has 0 aliphatic heterocycles. The Bertz CT molecular complexity index is 714. The minimum absolute atomic E-state index is 0.147. The highest BCUT2D eigenvalue weighted by Gasteiger charge is 2.18. The maximum absolute atomic E-state index is 12.2. The second-order valence-corrected chi connectivity index (χ2v) is 9.02. The second-order valence-electron chi connectivity index (χ2n) is 7.88. The van der Waals surface area contributed by atoms with Gasteiger partial charge in [0.15, 0.2) is 0 Å². The fourth-order valence-electron chi connectivity index (χ4n) is 3.13. The SMILES string of the molecule is CC(C)(C)c1ccc(OCCCOC(=O)c2cc3c(s2)CCCC3)cc1. The molecule has 3 nitrogen and oxygen atoms in total. The predicted octanol–water partition coefficient (Wildman–Crippen LogP) is 5.55. The fourth-order valence-corrected chi connectivity index (χ4v) is 4.27. The minimum atomic E-state index is -0.195. The van der Waals surface area contributed by atoms with E-state index in [1.807, 2.05) is 18.2 Å². The third-order valence-corrected chi connectivity index (χ3v) is 5.93. The molecule has 0 N–H and O–H groups in total. The van der Waals surface area contributed by atoms with E-state index in [0.29, 0.717) is 19.6 Å². The van der Waals surface area contributed by atoms with Crippen LogP contribution in [0, 0.1) is 0 Å². The number of carbonyl (C=O) groups is 1. The molecule has 3 rings (SSSR count). The average Bonchev–Trinajstić information content (AvgIpc) is 3.05. The Hall–Kier alpha value is -1.81. The van der Waals surface area contributed by atoms with Crippen molar-refractivity contribution in [2.75, 3.05) is 13.2 Å². The summed E-state index contributed by atoms with van der Waals surface area (Å²) in [5.74, 6) is 0.661. The molecular formula is C22H28O3S. The summed E-state index contributed by atoms with van der Waals surface area (Å²) in [5.41, 5.74) is 2.78. The quantitative estimate of drug-likeness (QED) is 0.492. The largest absolute Gasteiger partial charge is 0.493 e. The summed E-state index contributed by atoms with van der Waals surface area (Å²) in [4.78, 5) is 14.3. The van der Waals surface area contributed by atoms with Gasteiger partial charge < -0.3 is 9.47 Å². The third-order valence-electron chi connectivity index (χ3n) is 4.71. The van der Waals surface area contributed by atoms with Gasteiger partial charge in [0.25, 0.3) is 0 Å². The van der Waals surface area contributed by atoms with Gasteiger partial charge in [0.2, 0.25) is 0 Å². The Kier molecular flexibility index (Phi) is 6.02. The van der Waals surface area contributed by atoms with Crippen LogP contribution in [0.1, 0.15) is 65.7 Å². The maximum Gasteiger partial charge on any atom is 0.348 e. The summed E-state index contributed by atoms with van der Waals surface area (Å²) < 4.78 is 11.1. The number of esters is 1. The number of hydrogen-bond acceptors (Lipinski definition) is 4. The number of ether oxygens (including phenoxy) is 2. The first-order valence-electron chi connectivity index (χ1n) is 9.45. The number of carbonyl (C=O) groups excluding carboxylic acids is 1. The van der Waals surface area contributed by atoms with Gasteiger partial charge in [-0.1, -0.05) is 32.9 Å². The lowest BCUT2D eigenvalue weighted by Gasteiger charge is -2.19. The van der Waals surface area contributed by atoms with Crippen LogP contribution in [-0.4, -0.2) is 19.2 Å². The van der Waals surface area contributed by atoms with Gasteiger partial charge in [-0.15, -0.1) is 11.3 Å². The zero-order valence-electron chi connectivity index (χ0n) is 16.0. The zero-order chi connectivity index (χ0) is 18.6. The first kappa shape index (κ1) is 19.0. The first-order valence-corrected chi connectivity index (χ1v) is 10.3. The number of benzene rings is 1. The molecule has 1 aromatic carbocycles. The molecule has 0 radical (unpaired) electrons. The molecule has 1 aliphatic carbocycles. The molecule has 0 bridgehead atoms. The van der Waals surface area contributed by atoms with Crippen LogP contribution in [0.4, 0.5) is 0 Å². The third kappa shape index (κ3) is 4.88. The van der Waals surface area contributed by atoms with E-state index >= 15 is 0 Å². The molecule has 0 saturated carbocycles. The normalized spacial score (nSPS) is 14.0. The van der Waals surface area contributed by atoms with Crippen LogP contribution in [-0.2, 0) is 23.0 Å². The molecule has 0 spiro atoms. The molecule has 1 aromatic heterocycles. The van der Waals surface area contributed by atoms with E-state index in [-0.39, 0.29) is 11.4 Å². The highest BCUT2D eigenvalue weighted by molar-refractivity contribution is 7.14. The van der Waals surface area contributed by atoms with Crippen molar-refractivity contribution < 1.29 is 14.3 Å². The summed E-state index contributed by atoms with van der Waals surface area (Å²) in [7, 11) is 0. The molecule has 0 saturated heterocycles. The highest BCUT2D eigenvalue weighted by Crippen LogP contribution is 2.30. The van der Waals surface area contributed by atoms with Crippen LogP contribution in [0.2, 0.25) is 0 Å². The number of thiophene rings is 1. The minimum Gasteiger partial charge on any atom is -0.493 e. The van der Waals surface area contributed by atoms with E-state index < -0.39 is 0 Å². The van der Waals surface area contributed by atoms with E-state index in [0.717, 1.165) is 23.5 Å². The summed E-state index contributed by atoms with van der Waals surface area (Å²) in [6, 6.07) is 10.2. The molecule has 0 fully saturated rings. The summed E-state index contributed by atoms with van der Waals surface area (Å²) in [6.07, 6.45) is 5.36. The molecule has 0 amide bonds. The lowest BCUT2D eigenvalue weighted by atomic mass is 9.87. The molecule has 26 heavy (non-hydrogen) atoms. The molecule has 140 valence electrons. The maximum atomic E-state index is 12.2. The van der Waals surface area contributed by atoms with Gasteiger partial charge in [0.1, 0.15) is 10.6 Å². The van der Waals surface area contributed by atoms with Crippen molar-refractivity contribution >= 4 is 17.3 Å². The smallest absolute Gasteiger partial charge is 0.348 e. The van der Waals surface area contributed by atoms with E-state index in [2.05, 4.69) is 32.9 Å². The summed E-state index contributed by atoms with van der Waals surface area (Å²) in [5, 5.41) is 0. The second kappa shape index (κ2) is 8.26. The van der Waals surface area contributed by atoms with E-state index in [4.69, 9.17) is 9.47 Å². The monoisotopic (exact) mass is 372 g/mol. The molecule has 0 atom stereocenters. The van der Waals surface area contributed by atoms with Gasteiger partial charge in [0.05, 0.1) is 13.2 Å². The van der Waals surface area contributed by atoms with Crippen LogP contribution in [0.3, 0.4) is 0 Å². The Morgan fingerprint density at radius 3 is 2.50 bits per heavy atom. The van der Waals surface area contributed by atoms with Gasteiger partial charge in [-0.2, -0.15) is 0 Å². The Morgan fingerprint density at radius 1 is 1.08 bits per heavy atom. The van der Waals surface area contributed by atoms with Crippen LogP contribution in [0.5, 0.6) is 5.75 Å². The van der Waals surface area contributed by atoms with Crippen molar-refractivity contribution in [3.8, 4) is 5.75 Å². The summed E-state index contributed by atoms with van der Waals surface area (Å²) in [6.45, 7) is 7.52. The molecule has 1 aliphatic rings. The number of hydrogen-bond donors (Lipinski definition) is 0. The van der Waals surface area contributed by atoms with E-state index in [9.17, 15) is 4.79 Å². The Morgan fingerprint density at radius 2 is 1.81 bits per heavy atom. The molecular weight excluding hydrogens is 344 g/mol. The topological polar surface area (TPSA) is 35.5 Å². The molecule has 1 heterocycles. The van der Waals surface area contributed by atoms with Gasteiger partial charge in [-0.25, -0.2) is 4.79 Å². The van der Waals surface area contributed by atoms with E-state index in [1.54, 1.807) is 11.3 Å². The predicted molar refractivity (Wildman–Crippen MR) is 106 cm³/mol. The van der Waals surface area contributed by atoms with Gasteiger partial charge in [-0.05, 0) is 60.4 Å². The first-order chi connectivity index (χ1) is 12.4. The fraction of sp³-hybridized carbons (Fsp3) is 0.500. The van der Waals surface area contributed by atoms with Crippen LogP contribution in [0.25, 0.3) is 0 Å². The van der Waals surface area contributed by atoms with Crippen molar-refractivity contribution in [2.24, 2.45) is 0 Å². The molecule has 2 aromatic rings. The van der Waals surface area contributed by atoms with Crippen LogP contribution >= 0.6 is 11.3 Å². The van der Waals surface area contributed by atoms with Gasteiger partial charge in [-0.3, -0.25) is 0 Å². The van der Waals surface area contributed by atoms with Crippen LogP contribution < -0.4 is 4.74 Å². The Balaban J connectivity index is 1.39. The summed E-state index contributed by atoms with van der Waals surface area (Å²) >= 11 is 1.60. The highest BCUT2D eigenvalue weighted by atomic mass is 32.1. The Labute approximate surface area is 160 Å². The zero-order valence-corrected chi connectivity index (χ0v) is 16.8. The van der Waals surface area contributed by atoms with Gasteiger partial charge in [0, 0.05) is 11.3 Å². The van der Waals surface area contributed by atoms with E-state index in [1.165, 1.54) is 28.8 Å². The average molecular weight is 373 g/mol. The standard InChI is InChI=1S/C22H28O3S/c1-22(2,3)17-9-11-18(12-10-17)24-13-6-14-25-21(23)20-15-16-7-4-5-8-19(16)26-20/h9-12,15H,4-8,13-14H2,1-3H3. The number of rotatable bonds is 6. The molecule has 0 unspecified atom stereocenters. The van der Waals surface area contributed by atoms with Gasteiger partial charge >= 0.3 is 5.97 Å². The van der Waals surface area contributed by atoms with Crippen molar-refractivity contribution in [3.63, 3.8) is 0 Å². The number of aryl methyl sites for hydroxylation is 2. The lowest BCUT2D eigenvalue weighted by molar-refractivity contribution is 0.0491. The van der Waals surface area contributed by atoms with Crippen molar-refractivity contribution in [3.05, 3.63) is 51.2 Å². The van der Waals surface area contributed by atoms with Crippen molar-refractivity contribution in [1.29, 1.82) is 0 Å².